The van der Waals surface area contributed by atoms with E-state index in [1.165, 1.54) is 22.9 Å². The molecule has 3 aromatic rings. The van der Waals surface area contributed by atoms with Crippen LogP contribution in [0.2, 0.25) is 0 Å². The standard InChI is InChI=1S/C24H24N2O2S/c1-16(27)25-19-12-13-26(15-19)24(28)18-10-11-20-17(14-18)6-5-8-21(20)22-7-3-4-9-23(22)29-2/h3-11,14,19H,12-13,15H2,1-2H3,(H,25,27). The Bertz CT molecular complexity index is 1080. The first-order valence-electron chi connectivity index (χ1n) is 9.79. The molecule has 1 aliphatic heterocycles. The minimum Gasteiger partial charge on any atom is -0.352 e. The first kappa shape index (κ1) is 19.5. The Kier molecular flexibility index (Phi) is 5.58. The first-order chi connectivity index (χ1) is 14.1. The molecule has 1 heterocycles. The number of hydrogen-bond donors (Lipinski definition) is 1. The topological polar surface area (TPSA) is 49.4 Å². The highest BCUT2D eigenvalue weighted by molar-refractivity contribution is 7.98. The highest BCUT2D eigenvalue weighted by Crippen LogP contribution is 2.35. The number of benzene rings is 3. The Morgan fingerprint density at radius 3 is 2.62 bits per heavy atom. The van der Waals surface area contributed by atoms with Crippen molar-refractivity contribution in [2.75, 3.05) is 19.3 Å². The van der Waals surface area contributed by atoms with Gasteiger partial charge in [-0.2, -0.15) is 0 Å². The van der Waals surface area contributed by atoms with E-state index in [4.69, 9.17) is 0 Å². The molecular weight excluding hydrogens is 380 g/mol. The lowest BCUT2D eigenvalue weighted by Crippen LogP contribution is -2.37. The summed E-state index contributed by atoms with van der Waals surface area (Å²) in [5.74, 6) is -0.0253. The summed E-state index contributed by atoms with van der Waals surface area (Å²) in [4.78, 5) is 27.3. The number of fused-ring (bicyclic) bond motifs is 1. The van der Waals surface area contributed by atoms with Gasteiger partial charge in [0.1, 0.15) is 0 Å². The lowest BCUT2D eigenvalue weighted by Gasteiger charge is -2.18. The number of rotatable bonds is 4. The first-order valence-corrected chi connectivity index (χ1v) is 11.0. The molecule has 0 bridgehead atoms. The lowest BCUT2D eigenvalue weighted by molar-refractivity contribution is -0.119. The molecule has 4 rings (SSSR count). The fourth-order valence-corrected chi connectivity index (χ4v) is 4.66. The van der Waals surface area contributed by atoms with Crippen LogP contribution in [-0.4, -0.2) is 42.1 Å². The van der Waals surface area contributed by atoms with Gasteiger partial charge in [-0.3, -0.25) is 9.59 Å². The summed E-state index contributed by atoms with van der Waals surface area (Å²) in [5, 5.41) is 5.11. The SMILES string of the molecule is CSc1ccccc1-c1cccc2cc(C(=O)N3CCC(NC(C)=O)C3)ccc12. The van der Waals surface area contributed by atoms with Crippen molar-refractivity contribution in [3.05, 3.63) is 66.2 Å². The molecule has 1 N–H and O–H groups in total. The van der Waals surface area contributed by atoms with Gasteiger partial charge in [-0.1, -0.05) is 42.5 Å². The van der Waals surface area contributed by atoms with E-state index in [1.54, 1.807) is 11.8 Å². The number of nitrogens with zero attached hydrogens (tertiary/aromatic N) is 1. The maximum Gasteiger partial charge on any atom is 0.253 e. The summed E-state index contributed by atoms with van der Waals surface area (Å²) in [6.45, 7) is 2.75. The molecule has 148 valence electrons. The summed E-state index contributed by atoms with van der Waals surface area (Å²) in [5.41, 5.74) is 3.08. The van der Waals surface area contributed by atoms with Crippen molar-refractivity contribution >= 4 is 34.3 Å². The third-order valence-electron chi connectivity index (χ3n) is 5.41. The molecule has 1 atom stereocenters. The summed E-state index contributed by atoms with van der Waals surface area (Å²) in [6.07, 6.45) is 2.89. The van der Waals surface area contributed by atoms with Crippen LogP contribution in [0.3, 0.4) is 0 Å². The fourth-order valence-electron chi connectivity index (χ4n) is 4.05. The summed E-state index contributed by atoms with van der Waals surface area (Å²) in [6, 6.07) is 20.6. The molecule has 1 unspecified atom stereocenters. The molecule has 2 amide bonds. The summed E-state index contributed by atoms with van der Waals surface area (Å²) < 4.78 is 0. The van der Waals surface area contributed by atoms with Gasteiger partial charge < -0.3 is 10.2 Å². The molecule has 29 heavy (non-hydrogen) atoms. The van der Waals surface area contributed by atoms with E-state index in [2.05, 4.69) is 54.0 Å². The molecule has 0 aliphatic carbocycles. The highest BCUT2D eigenvalue weighted by atomic mass is 32.2. The van der Waals surface area contributed by atoms with Crippen LogP contribution in [0.5, 0.6) is 0 Å². The summed E-state index contributed by atoms with van der Waals surface area (Å²) >= 11 is 1.74. The van der Waals surface area contributed by atoms with Gasteiger partial charge in [0, 0.05) is 36.5 Å². The largest absolute Gasteiger partial charge is 0.352 e. The Hall–Kier alpha value is -2.79. The van der Waals surface area contributed by atoms with Crippen molar-refractivity contribution < 1.29 is 9.59 Å². The Morgan fingerprint density at radius 1 is 1.03 bits per heavy atom. The van der Waals surface area contributed by atoms with Crippen molar-refractivity contribution in [2.24, 2.45) is 0 Å². The molecule has 5 heteroatoms. The lowest BCUT2D eigenvalue weighted by atomic mass is 9.96. The number of carbonyl (C=O) groups is 2. The quantitative estimate of drug-likeness (QED) is 0.648. The van der Waals surface area contributed by atoms with Crippen molar-refractivity contribution in [3.8, 4) is 11.1 Å². The van der Waals surface area contributed by atoms with Crippen molar-refractivity contribution in [1.29, 1.82) is 0 Å². The molecular formula is C24H24N2O2S. The number of nitrogens with one attached hydrogen (secondary N) is 1. The zero-order chi connectivity index (χ0) is 20.4. The van der Waals surface area contributed by atoms with Crippen LogP contribution in [-0.2, 0) is 4.79 Å². The van der Waals surface area contributed by atoms with Crippen LogP contribution in [0.25, 0.3) is 21.9 Å². The average molecular weight is 405 g/mol. The number of amides is 2. The van der Waals surface area contributed by atoms with Crippen molar-refractivity contribution in [3.63, 3.8) is 0 Å². The second-order valence-corrected chi connectivity index (χ2v) is 8.23. The molecule has 3 aromatic carbocycles. The van der Waals surface area contributed by atoms with Gasteiger partial charge in [0.15, 0.2) is 0 Å². The molecule has 0 saturated carbocycles. The third-order valence-corrected chi connectivity index (χ3v) is 6.20. The molecule has 1 aliphatic rings. The highest BCUT2D eigenvalue weighted by Gasteiger charge is 2.27. The van der Waals surface area contributed by atoms with E-state index >= 15 is 0 Å². The van der Waals surface area contributed by atoms with Crippen molar-refractivity contribution in [1.82, 2.24) is 10.2 Å². The Morgan fingerprint density at radius 2 is 1.83 bits per heavy atom. The predicted molar refractivity (Wildman–Crippen MR) is 119 cm³/mol. The summed E-state index contributed by atoms with van der Waals surface area (Å²) in [7, 11) is 0. The van der Waals surface area contributed by atoms with E-state index < -0.39 is 0 Å². The molecule has 0 aromatic heterocycles. The van der Waals surface area contributed by atoms with Crippen LogP contribution >= 0.6 is 11.8 Å². The molecule has 4 nitrogen and oxygen atoms in total. The minimum atomic E-state index is -0.0481. The molecule has 1 saturated heterocycles. The smallest absolute Gasteiger partial charge is 0.253 e. The third kappa shape index (κ3) is 4.01. The van der Waals surface area contributed by atoms with E-state index in [0.29, 0.717) is 18.7 Å². The number of carbonyl (C=O) groups excluding carboxylic acids is 2. The second-order valence-electron chi connectivity index (χ2n) is 7.38. The average Bonchev–Trinajstić information content (AvgIpc) is 3.20. The second kappa shape index (κ2) is 8.29. The van der Waals surface area contributed by atoms with Gasteiger partial charge in [-0.25, -0.2) is 0 Å². The number of hydrogen-bond acceptors (Lipinski definition) is 3. The number of likely N-dealkylation sites (tertiary alicyclic amines) is 1. The van der Waals surface area contributed by atoms with Crippen molar-refractivity contribution in [2.45, 2.75) is 24.3 Å². The minimum absolute atomic E-state index is 0.0228. The van der Waals surface area contributed by atoms with Gasteiger partial charge in [0.25, 0.3) is 5.91 Å². The monoisotopic (exact) mass is 404 g/mol. The predicted octanol–water partition coefficient (Wildman–Crippen LogP) is 4.58. The van der Waals surface area contributed by atoms with Gasteiger partial charge in [-0.15, -0.1) is 11.8 Å². The fraction of sp³-hybridized carbons (Fsp3) is 0.250. The normalized spacial score (nSPS) is 16.2. The molecule has 1 fully saturated rings. The number of thioether (sulfide) groups is 1. The molecule has 0 radical (unpaired) electrons. The van der Waals surface area contributed by atoms with Crippen LogP contribution in [0.4, 0.5) is 0 Å². The van der Waals surface area contributed by atoms with E-state index in [-0.39, 0.29) is 17.9 Å². The van der Waals surface area contributed by atoms with Crippen LogP contribution in [0.15, 0.2) is 65.6 Å². The van der Waals surface area contributed by atoms with Gasteiger partial charge in [0.2, 0.25) is 5.91 Å². The van der Waals surface area contributed by atoms with Gasteiger partial charge in [-0.05, 0) is 52.8 Å². The van der Waals surface area contributed by atoms with Gasteiger partial charge >= 0.3 is 0 Å². The van der Waals surface area contributed by atoms with E-state index in [9.17, 15) is 9.59 Å². The zero-order valence-corrected chi connectivity index (χ0v) is 17.5. The Balaban J connectivity index is 1.64. The zero-order valence-electron chi connectivity index (χ0n) is 16.6. The van der Waals surface area contributed by atoms with Crippen LogP contribution in [0, 0.1) is 0 Å². The Labute approximate surface area is 175 Å². The van der Waals surface area contributed by atoms with Crippen LogP contribution in [0.1, 0.15) is 23.7 Å². The van der Waals surface area contributed by atoms with Crippen LogP contribution < -0.4 is 5.32 Å². The van der Waals surface area contributed by atoms with E-state index in [0.717, 1.165) is 17.2 Å². The van der Waals surface area contributed by atoms with Gasteiger partial charge in [0.05, 0.1) is 0 Å². The van der Waals surface area contributed by atoms with E-state index in [1.807, 2.05) is 23.1 Å². The maximum absolute atomic E-state index is 13.0. The maximum atomic E-state index is 13.0. The molecule has 0 spiro atoms.